The van der Waals surface area contributed by atoms with Crippen molar-refractivity contribution in [3.63, 3.8) is 0 Å². The fourth-order valence-corrected chi connectivity index (χ4v) is 7.32. The van der Waals surface area contributed by atoms with E-state index >= 15 is 0 Å². The maximum Gasteiger partial charge on any atom is 0.0886 e. The molecule has 0 fully saturated rings. The summed E-state index contributed by atoms with van der Waals surface area (Å²) in [5, 5.41) is 5.10. The largest absolute Gasteiger partial charge is 0.309 e. The summed E-state index contributed by atoms with van der Waals surface area (Å²) in [6.45, 7) is 2.22. The minimum atomic E-state index is 1.04. The third-order valence-corrected chi connectivity index (χ3v) is 9.01. The van der Waals surface area contributed by atoms with Crippen LogP contribution in [0.1, 0.15) is 5.56 Å². The lowest BCUT2D eigenvalue weighted by Crippen LogP contribution is -2.00. The molecule has 184 valence electrons. The summed E-state index contributed by atoms with van der Waals surface area (Å²) < 4.78 is 4.95. The maximum atomic E-state index is 4.98. The molecule has 0 atom stereocenters. The maximum absolute atomic E-state index is 4.98. The van der Waals surface area contributed by atoms with Gasteiger partial charge in [0.25, 0.3) is 0 Å². The number of pyridine rings is 1. The third-order valence-electron chi connectivity index (χ3n) is 7.82. The molecule has 0 amide bonds. The van der Waals surface area contributed by atoms with E-state index in [9.17, 15) is 0 Å². The summed E-state index contributed by atoms with van der Waals surface area (Å²) in [6.07, 6.45) is 1.96. The Bertz CT molecular complexity index is 2140. The summed E-state index contributed by atoms with van der Waals surface area (Å²) in [6, 6.07) is 43.6. The van der Waals surface area contributed by atoms with Crippen molar-refractivity contribution < 1.29 is 0 Å². The summed E-state index contributed by atoms with van der Waals surface area (Å²) in [5.74, 6) is 0. The standard InChI is InChI=1S/C36H24N2S/c1-23-11-10-19-32(38-30-17-7-4-12-24(30)25-13-5-8-18-31(25)38)34(23)27-15-2-3-16-28(27)35-36-29(21-22-37-35)26-14-6-9-20-33(26)39-36/h2-22H,1H3. The van der Waals surface area contributed by atoms with Crippen molar-refractivity contribution in [2.45, 2.75) is 6.92 Å². The molecular formula is C36H24N2S. The van der Waals surface area contributed by atoms with Gasteiger partial charge in [-0.3, -0.25) is 4.98 Å². The van der Waals surface area contributed by atoms with Gasteiger partial charge in [-0.15, -0.1) is 11.3 Å². The number of rotatable bonds is 3. The Hall–Kier alpha value is -4.73. The number of nitrogens with zero attached hydrogens (tertiary/aromatic N) is 2. The van der Waals surface area contributed by atoms with Crippen molar-refractivity contribution in [2.75, 3.05) is 0 Å². The summed E-state index contributed by atoms with van der Waals surface area (Å²) in [5.41, 5.74) is 9.49. The molecule has 0 aliphatic carbocycles. The van der Waals surface area contributed by atoms with Crippen LogP contribution in [0.3, 0.4) is 0 Å². The molecule has 3 heteroatoms. The number of para-hydroxylation sites is 2. The zero-order valence-electron chi connectivity index (χ0n) is 21.4. The molecule has 2 nitrogen and oxygen atoms in total. The topological polar surface area (TPSA) is 17.8 Å². The van der Waals surface area contributed by atoms with E-state index in [1.807, 2.05) is 17.5 Å². The lowest BCUT2D eigenvalue weighted by atomic mass is 9.92. The third kappa shape index (κ3) is 3.30. The van der Waals surface area contributed by atoms with Crippen LogP contribution in [0.25, 0.3) is 70.0 Å². The van der Waals surface area contributed by atoms with Crippen LogP contribution >= 0.6 is 11.3 Å². The number of aromatic nitrogens is 2. The number of aryl methyl sites for hydroxylation is 1. The van der Waals surface area contributed by atoms with E-state index in [2.05, 4.69) is 133 Å². The lowest BCUT2D eigenvalue weighted by molar-refractivity contribution is 1.17. The second-order valence-electron chi connectivity index (χ2n) is 10.0. The van der Waals surface area contributed by atoms with E-state index < -0.39 is 0 Å². The Morgan fingerprint density at radius 1 is 0.564 bits per heavy atom. The van der Waals surface area contributed by atoms with Gasteiger partial charge in [-0.25, -0.2) is 0 Å². The quantitative estimate of drug-likeness (QED) is 0.228. The van der Waals surface area contributed by atoms with Crippen LogP contribution in [-0.2, 0) is 0 Å². The van der Waals surface area contributed by atoms with Crippen molar-refractivity contribution in [1.82, 2.24) is 9.55 Å². The molecule has 0 bridgehead atoms. The van der Waals surface area contributed by atoms with Crippen molar-refractivity contribution in [2.24, 2.45) is 0 Å². The van der Waals surface area contributed by atoms with Crippen LogP contribution in [0.4, 0.5) is 0 Å². The molecule has 0 N–H and O–H groups in total. The van der Waals surface area contributed by atoms with Crippen molar-refractivity contribution in [3.05, 3.63) is 133 Å². The lowest BCUT2D eigenvalue weighted by Gasteiger charge is -2.19. The summed E-state index contributed by atoms with van der Waals surface area (Å²) in [7, 11) is 0. The molecule has 0 aliphatic heterocycles. The molecule has 0 saturated carbocycles. The van der Waals surface area contributed by atoms with Crippen molar-refractivity contribution in [1.29, 1.82) is 0 Å². The molecule has 39 heavy (non-hydrogen) atoms. The number of fused-ring (bicyclic) bond motifs is 6. The van der Waals surface area contributed by atoms with Gasteiger partial charge in [-0.05, 0) is 48.4 Å². The highest BCUT2D eigenvalue weighted by molar-refractivity contribution is 7.26. The highest BCUT2D eigenvalue weighted by Crippen LogP contribution is 2.44. The fraction of sp³-hybridized carbons (Fsp3) is 0.0278. The van der Waals surface area contributed by atoms with E-state index in [1.165, 1.54) is 64.4 Å². The van der Waals surface area contributed by atoms with Crippen LogP contribution in [0.5, 0.6) is 0 Å². The van der Waals surface area contributed by atoms with Crippen molar-refractivity contribution >= 4 is 53.3 Å². The molecule has 3 aromatic heterocycles. The summed E-state index contributed by atoms with van der Waals surface area (Å²) >= 11 is 1.83. The summed E-state index contributed by atoms with van der Waals surface area (Å²) in [4.78, 5) is 4.98. The van der Waals surface area contributed by atoms with Gasteiger partial charge < -0.3 is 4.57 Å². The first-order valence-corrected chi connectivity index (χ1v) is 14.1. The Labute approximate surface area is 230 Å². The fourth-order valence-electron chi connectivity index (χ4n) is 6.12. The van der Waals surface area contributed by atoms with Gasteiger partial charge in [0.15, 0.2) is 0 Å². The second kappa shape index (κ2) is 8.65. The minimum absolute atomic E-state index is 1.04. The Morgan fingerprint density at radius 2 is 1.21 bits per heavy atom. The number of benzene rings is 5. The highest BCUT2D eigenvalue weighted by atomic mass is 32.1. The first-order chi connectivity index (χ1) is 19.3. The van der Waals surface area contributed by atoms with Gasteiger partial charge in [0, 0.05) is 43.6 Å². The molecule has 0 spiro atoms. The van der Waals surface area contributed by atoms with Crippen LogP contribution in [-0.4, -0.2) is 9.55 Å². The zero-order valence-corrected chi connectivity index (χ0v) is 22.2. The molecule has 5 aromatic carbocycles. The molecule has 8 aromatic rings. The molecular weight excluding hydrogens is 492 g/mol. The minimum Gasteiger partial charge on any atom is -0.309 e. The number of thiophene rings is 1. The van der Waals surface area contributed by atoms with Gasteiger partial charge in [0.1, 0.15) is 0 Å². The number of hydrogen-bond acceptors (Lipinski definition) is 2. The number of hydrogen-bond donors (Lipinski definition) is 0. The smallest absolute Gasteiger partial charge is 0.0886 e. The predicted molar refractivity (Wildman–Crippen MR) is 167 cm³/mol. The molecule has 3 heterocycles. The Morgan fingerprint density at radius 3 is 1.97 bits per heavy atom. The first kappa shape index (κ1) is 22.3. The first-order valence-electron chi connectivity index (χ1n) is 13.2. The molecule has 0 radical (unpaired) electrons. The highest BCUT2D eigenvalue weighted by Gasteiger charge is 2.20. The van der Waals surface area contributed by atoms with Gasteiger partial charge in [0.2, 0.25) is 0 Å². The Balaban J connectivity index is 1.45. The zero-order chi connectivity index (χ0) is 25.9. The predicted octanol–water partition coefficient (Wildman–Crippen LogP) is 10.2. The van der Waals surface area contributed by atoms with E-state index in [4.69, 9.17) is 4.98 Å². The molecule has 0 aliphatic rings. The normalized spacial score (nSPS) is 11.7. The van der Waals surface area contributed by atoms with Crippen molar-refractivity contribution in [3.8, 4) is 28.1 Å². The Kier molecular flexibility index (Phi) is 4.94. The van der Waals surface area contributed by atoms with Gasteiger partial charge in [-0.2, -0.15) is 0 Å². The average molecular weight is 517 g/mol. The van der Waals surface area contributed by atoms with Crippen LogP contribution in [0, 0.1) is 6.92 Å². The van der Waals surface area contributed by atoms with E-state index in [0.29, 0.717) is 0 Å². The monoisotopic (exact) mass is 516 g/mol. The van der Waals surface area contributed by atoms with Gasteiger partial charge in [-0.1, -0.05) is 91.0 Å². The SMILES string of the molecule is Cc1cccc(-n2c3ccccc3c3ccccc32)c1-c1ccccc1-c1nccc2c1sc1ccccc12. The van der Waals surface area contributed by atoms with E-state index in [-0.39, 0.29) is 0 Å². The van der Waals surface area contributed by atoms with Gasteiger partial charge in [0.05, 0.1) is 27.1 Å². The molecule has 0 saturated heterocycles. The molecule has 8 rings (SSSR count). The van der Waals surface area contributed by atoms with Crippen LogP contribution < -0.4 is 0 Å². The second-order valence-corrected chi connectivity index (χ2v) is 11.1. The van der Waals surface area contributed by atoms with Gasteiger partial charge >= 0.3 is 0 Å². The molecule has 0 unspecified atom stereocenters. The van der Waals surface area contributed by atoms with E-state index in [0.717, 1.165) is 11.3 Å². The van der Waals surface area contributed by atoms with E-state index in [1.54, 1.807) is 0 Å². The average Bonchev–Trinajstić information content (AvgIpc) is 3.53. The van der Waals surface area contributed by atoms with Crippen LogP contribution in [0.15, 0.2) is 128 Å². The van der Waals surface area contributed by atoms with Crippen LogP contribution in [0.2, 0.25) is 0 Å².